The highest BCUT2D eigenvalue weighted by Crippen LogP contribution is 2.40. The van der Waals surface area contributed by atoms with Crippen molar-refractivity contribution in [3.63, 3.8) is 0 Å². The van der Waals surface area contributed by atoms with Gasteiger partial charge in [0.2, 0.25) is 0 Å². The van der Waals surface area contributed by atoms with Gasteiger partial charge in [-0.3, -0.25) is 4.90 Å². The second-order valence-electron chi connectivity index (χ2n) is 7.90. The summed E-state index contributed by atoms with van der Waals surface area (Å²) >= 11 is 0. The molecule has 3 unspecified atom stereocenters. The zero-order chi connectivity index (χ0) is 14.0. The Morgan fingerprint density at radius 2 is 1.68 bits per heavy atom. The highest BCUT2D eigenvalue weighted by molar-refractivity contribution is 4.92. The minimum Gasteiger partial charge on any atom is -0.391 e. The topological polar surface area (TPSA) is 23.5 Å². The quantitative estimate of drug-likeness (QED) is 0.825. The lowest BCUT2D eigenvalue weighted by Gasteiger charge is -2.46. The van der Waals surface area contributed by atoms with Crippen LogP contribution in [0.4, 0.5) is 0 Å². The van der Waals surface area contributed by atoms with E-state index in [2.05, 4.69) is 32.6 Å². The predicted molar refractivity (Wildman–Crippen MR) is 81.2 cm³/mol. The summed E-state index contributed by atoms with van der Waals surface area (Å²) in [5.41, 5.74) is 0.389. The Balaban J connectivity index is 1.94. The van der Waals surface area contributed by atoms with Crippen molar-refractivity contribution in [2.75, 3.05) is 13.1 Å². The predicted octanol–water partition coefficient (Wildman–Crippen LogP) is 3.68. The summed E-state index contributed by atoms with van der Waals surface area (Å²) in [6, 6.07) is 0.427. The second-order valence-corrected chi connectivity index (χ2v) is 7.90. The molecule has 1 N–H and O–H groups in total. The fourth-order valence-corrected chi connectivity index (χ4v) is 4.00. The van der Waals surface area contributed by atoms with Gasteiger partial charge in [-0.05, 0) is 62.4 Å². The first-order valence-corrected chi connectivity index (χ1v) is 8.34. The van der Waals surface area contributed by atoms with E-state index in [0.29, 0.717) is 11.5 Å². The molecule has 0 spiro atoms. The third-order valence-corrected chi connectivity index (χ3v) is 5.70. The highest BCUT2D eigenvalue weighted by atomic mass is 16.3. The van der Waals surface area contributed by atoms with E-state index in [9.17, 15) is 5.11 Å². The van der Waals surface area contributed by atoms with Crippen molar-refractivity contribution in [2.45, 2.75) is 78.4 Å². The molecule has 0 aromatic rings. The number of hydrogen-bond donors (Lipinski definition) is 1. The molecule has 2 rings (SSSR count). The number of nitrogens with zero attached hydrogens (tertiary/aromatic N) is 1. The van der Waals surface area contributed by atoms with E-state index < -0.39 is 0 Å². The van der Waals surface area contributed by atoms with E-state index in [4.69, 9.17) is 0 Å². The van der Waals surface area contributed by atoms with E-state index in [1.165, 1.54) is 45.2 Å². The summed E-state index contributed by atoms with van der Waals surface area (Å²) < 4.78 is 0. The van der Waals surface area contributed by atoms with Crippen molar-refractivity contribution in [1.29, 1.82) is 0 Å². The summed E-state index contributed by atoms with van der Waals surface area (Å²) in [5.74, 6) is 1.69. The van der Waals surface area contributed by atoms with Gasteiger partial charge in [0.15, 0.2) is 0 Å². The van der Waals surface area contributed by atoms with Crippen LogP contribution in [0.25, 0.3) is 0 Å². The van der Waals surface area contributed by atoms with Gasteiger partial charge in [-0.25, -0.2) is 0 Å². The Kier molecular flexibility index (Phi) is 4.94. The van der Waals surface area contributed by atoms with Crippen LogP contribution in [0.3, 0.4) is 0 Å². The van der Waals surface area contributed by atoms with Gasteiger partial charge in [-0.15, -0.1) is 0 Å². The van der Waals surface area contributed by atoms with E-state index in [1.54, 1.807) is 0 Å². The summed E-state index contributed by atoms with van der Waals surface area (Å²) in [7, 11) is 0. The SMILES string of the molecule is CCC1CCN(C2CC(C(C)(C)C)CCC2O)CC1. The molecule has 0 bridgehead atoms. The largest absolute Gasteiger partial charge is 0.391 e. The van der Waals surface area contributed by atoms with Gasteiger partial charge in [-0.1, -0.05) is 34.1 Å². The standard InChI is InChI=1S/C17H33NO/c1-5-13-8-10-18(11-9-13)15-12-14(17(2,3)4)6-7-16(15)19/h13-16,19H,5-12H2,1-4H3. The van der Waals surface area contributed by atoms with Crippen molar-refractivity contribution in [3.8, 4) is 0 Å². The third kappa shape index (κ3) is 3.72. The van der Waals surface area contributed by atoms with E-state index in [-0.39, 0.29) is 6.10 Å². The maximum Gasteiger partial charge on any atom is 0.0695 e. The lowest BCUT2D eigenvalue weighted by atomic mass is 9.69. The Morgan fingerprint density at radius 3 is 2.21 bits per heavy atom. The van der Waals surface area contributed by atoms with Crippen LogP contribution in [0.5, 0.6) is 0 Å². The molecule has 19 heavy (non-hydrogen) atoms. The average Bonchev–Trinajstić information content (AvgIpc) is 2.38. The lowest BCUT2D eigenvalue weighted by Crippen LogP contribution is -2.51. The highest BCUT2D eigenvalue weighted by Gasteiger charge is 2.38. The molecule has 3 atom stereocenters. The molecule has 1 saturated carbocycles. The average molecular weight is 267 g/mol. The molecular formula is C17H33NO. The van der Waals surface area contributed by atoms with E-state index >= 15 is 0 Å². The lowest BCUT2D eigenvalue weighted by molar-refractivity contribution is -0.0284. The smallest absolute Gasteiger partial charge is 0.0695 e. The normalized spacial score (nSPS) is 35.5. The molecule has 0 amide bonds. The molecule has 2 fully saturated rings. The summed E-state index contributed by atoms with van der Waals surface area (Å²) in [4.78, 5) is 2.59. The first-order valence-electron chi connectivity index (χ1n) is 8.34. The monoisotopic (exact) mass is 267 g/mol. The van der Waals surface area contributed by atoms with Crippen LogP contribution in [0.1, 0.15) is 66.2 Å². The van der Waals surface area contributed by atoms with Crippen LogP contribution in [0.15, 0.2) is 0 Å². The summed E-state index contributed by atoms with van der Waals surface area (Å²) in [6.07, 6.45) is 7.30. The van der Waals surface area contributed by atoms with Crippen LogP contribution >= 0.6 is 0 Å². The molecule has 1 saturated heterocycles. The molecule has 0 radical (unpaired) electrons. The van der Waals surface area contributed by atoms with Crippen LogP contribution in [-0.2, 0) is 0 Å². The first kappa shape index (κ1) is 15.3. The molecule has 1 aliphatic carbocycles. The van der Waals surface area contributed by atoms with Crippen molar-refractivity contribution in [2.24, 2.45) is 17.3 Å². The molecular weight excluding hydrogens is 234 g/mol. The number of hydrogen-bond acceptors (Lipinski definition) is 2. The third-order valence-electron chi connectivity index (χ3n) is 5.70. The number of piperidine rings is 1. The fraction of sp³-hybridized carbons (Fsp3) is 1.00. The second kappa shape index (κ2) is 6.13. The molecule has 112 valence electrons. The zero-order valence-corrected chi connectivity index (χ0v) is 13.4. The van der Waals surface area contributed by atoms with Crippen molar-refractivity contribution in [1.82, 2.24) is 4.90 Å². The zero-order valence-electron chi connectivity index (χ0n) is 13.4. The van der Waals surface area contributed by atoms with Gasteiger partial charge in [0, 0.05) is 6.04 Å². The van der Waals surface area contributed by atoms with Gasteiger partial charge in [0.25, 0.3) is 0 Å². The molecule has 0 aromatic heterocycles. The van der Waals surface area contributed by atoms with Crippen LogP contribution in [-0.4, -0.2) is 35.2 Å². The van der Waals surface area contributed by atoms with Crippen molar-refractivity contribution in [3.05, 3.63) is 0 Å². The number of rotatable bonds is 2. The van der Waals surface area contributed by atoms with Crippen LogP contribution in [0, 0.1) is 17.3 Å². The molecule has 1 heterocycles. The van der Waals surface area contributed by atoms with Gasteiger partial charge >= 0.3 is 0 Å². The first-order chi connectivity index (χ1) is 8.91. The summed E-state index contributed by atoms with van der Waals surface area (Å²) in [5, 5.41) is 10.4. The Labute approximate surface area is 119 Å². The van der Waals surface area contributed by atoms with Gasteiger partial charge < -0.3 is 5.11 Å². The van der Waals surface area contributed by atoms with Gasteiger partial charge in [0.05, 0.1) is 6.10 Å². The molecule has 1 aliphatic heterocycles. The Bertz CT molecular complexity index is 275. The van der Waals surface area contributed by atoms with Crippen molar-refractivity contribution < 1.29 is 5.11 Å². The number of aliphatic hydroxyl groups is 1. The number of likely N-dealkylation sites (tertiary alicyclic amines) is 1. The molecule has 0 aromatic carbocycles. The molecule has 2 heteroatoms. The maximum atomic E-state index is 10.4. The minimum atomic E-state index is -0.0863. The van der Waals surface area contributed by atoms with Crippen LogP contribution in [0.2, 0.25) is 0 Å². The Hall–Kier alpha value is -0.0800. The fourth-order valence-electron chi connectivity index (χ4n) is 4.00. The molecule has 2 nitrogen and oxygen atoms in total. The maximum absolute atomic E-state index is 10.4. The summed E-state index contributed by atoms with van der Waals surface area (Å²) in [6.45, 7) is 11.8. The van der Waals surface area contributed by atoms with Gasteiger partial charge in [0.1, 0.15) is 0 Å². The molecule has 2 aliphatic rings. The minimum absolute atomic E-state index is 0.0863. The van der Waals surface area contributed by atoms with E-state index in [1.807, 2.05) is 0 Å². The number of aliphatic hydroxyl groups excluding tert-OH is 1. The Morgan fingerprint density at radius 1 is 1.05 bits per heavy atom. The van der Waals surface area contributed by atoms with Crippen molar-refractivity contribution >= 4 is 0 Å². The van der Waals surface area contributed by atoms with Gasteiger partial charge in [-0.2, -0.15) is 0 Å². The van der Waals surface area contributed by atoms with E-state index in [0.717, 1.165) is 18.3 Å². The van der Waals surface area contributed by atoms with Crippen LogP contribution < -0.4 is 0 Å².